The van der Waals surface area contributed by atoms with E-state index in [2.05, 4.69) is 78.0 Å². The third-order valence-corrected chi connectivity index (χ3v) is 6.21. The fourth-order valence-electron chi connectivity index (χ4n) is 4.06. The Morgan fingerprint density at radius 3 is 2.55 bits per heavy atom. The van der Waals surface area contributed by atoms with Gasteiger partial charge >= 0.3 is 0 Å². The Labute approximate surface area is 185 Å². The van der Waals surface area contributed by atoms with Gasteiger partial charge in [0, 0.05) is 37.1 Å². The molecule has 0 aliphatic heterocycles. The number of nitrogens with zero attached hydrogens (tertiary/aromatic N) is 1. The molecule has 1 heterocycles. The Balaban J connectivity index is 1.40. The van der Waals surface area contributed by atoms with Crippen molar-refractivity contribution in [2.75, 3.05) is 6.54 Å². The van der Waals surface area contributed by atoms with Gasteiger partial charge in [-0.15, -0.1) is 0 Å². The van der Waals surface area contributed by atoms with E-state index < -0.39 is 0 Å². The monoisotopic (exact) mass is 413 g/mol. The van der Waals surface area contributed by atoms with Crippen molar-refractivity contribution in [3.05, 3.63) is 89.2 Å². The highest BCUT2D eigenvalue weighted by atomic mass is 16.1. The normalized spacial score (nSPS) is 14.3. The maximum absolute atomic E-state index is 12.5. The summed E-state index contributed by atoms with van der Waals surface area (Å²) in [5.41, 5.74) is 6.81. The second-order valence-electron chi connectivity index (χ2n) is 8.64. The number of rotatable bonds is 8. The number of carbonyl (C=O) groups excluding carboxylic acids is 1. The van der Waals surface area contributed by atoms with Gasteiger partial charge in [0.05, 0.1) is 5.56 Å². The summed E-state index contributed by atoms with van der Waals surface area (Å²) in [6.07, 6.45) is 6.69. The number of aromatic nitrogens is 1. The van der Waals surface area contributed by atoms with Crippen LogP contribution in [0.15, 0.2) is 67.0 Å². The molecule has 31 heavy (non-hydrogen) atoms. The van der Waals surface area contributed by atoms with Crippen LogP contribution in [0.2, 0.25) is 0 Å². The summed E-state index contributed by atoms with van der Waals surface area (Å²) in [6.45, 7) is 5.78. The lowest BCUT2D eigenvalue weighted by Crippen LogP contribution is -2.28. The molecule has 2 aromatic carbocycles. The third-order valence-electron chi connectivity index (χ3n) is 6.21. The van der Waals surface area contributed by atoms with Crippen molar-refractivity contribution in [1.82, 2.24) is 15.6 Å². The molecule has 4 rings (SSSR count). The van der Waals surface area contributed by atoms with Crippen LogP contribution in [0, 0.1) is 5.92 Å². The standard InChI is InChI=1S/C27H31N3O/c1-3-19(2)15-30-27(31)25-12-24(17-28-18-25)21-10-6-7-20(11-21)16-29-26-13-22-8-4-5-9-23(22)14-26/h4-12,17-19,26,29H,3,13-16H2,1-2H3,(H,30,31)/t19-/m0/s1. The number of fused-ring (bicyclic) bond motifs is 1. The van der Waals surface area contributed by atoms with Crippen LogP contribution < -0.4 is 10.6 Å². The summed E-state index contributed by atoms with van der Waals surface area (Å²) in [7, 11) is 0. The Kier molecular flexibility index (Phi) is 6.78. The molecule has 1 aromatic heterocycles. The lowest BCUT2D eigenvalue weighted by atomic mass is 10.0. The highest BCUT2D eigenvalue weighted by molar-refractivity contribution is 5.95. The summed E-state index contributed by atoms with van der Waals surface area (Å²) in [5.74, 6) is 0.408. The number of hydrogen-bond donors (Lipinski definition) is 2. The van der Waals surface area contributed by atoms with Crippen LogP contribution in [0.1, 0.15) is 47.3 Å². The van der Waals surface area contributed by atoms with Crippen molar-refractivity contribution in [1.29, 1.82) is 0 Å². The highest BCUT2D eigenvalue weighted by Crippen LogP contribution is 2.23. The number of nitrogens with one attached hydrogen (secondary N) is 2. The predicted molar refractivity (Wildman–Crippen MR) is 126 cm³/mol. The van der Waals surface area contributed by atoms with Crippen molar-refractivity contribution >= 4 is 5.91 Å². The van der Waals surface area contributed by atoms with Crippen LogP contribution in [0.25, 0.3) is 11.1 Å². The molecule has 4 heteroatoms. The van der Waals surface area contributed by atoms with Gasteiger partial charge in [-0.3, -0.25) is 9.78 Å². The number of pyridine rings is 1. The zero-order chi connectivity index (χ0) is 21.6. The quantitative estimate of drug-likeness (QED) is 0.559. The van der Waals surface area contributed by atoms with E-state index in [-0.39, 0.29) is 5.91 Å². The number of benzene rings is 2. The maximum Gasteiger partial charge on any atom is 0.252 e. The number of carbonyl (C=O) groups is 1. The van der Waals surface area contributed by atoms with Crippen LogP contribution in [0.3, 0.4) is 0 Å². The Hall–Kier alpha value is -2.98. The van der Waals surface area contributed by atoms with E-state index in [4.69, 9.17) is 0 Å². The first-order chi connectivity index (χ1) is 15.1. The topological polar surface area (TPSA) is 54.0 Å². The van der Waals surface area contributed by atoms with Gasteiger partial charge in [-0.1, -0.05) is 62.7 Å². The van der Waals surface area contributed by atoms with Crippen molar-refractivity contribution in [3.63, 3.8) is 0 Å². The van der Waals surface area contributed by atoms with Gasteiger partial charge in [-0.05, 0) is 53.1 Å². The molecule has 0 spiro atoms. The second kappa shape index (κ2) is 9.88. The van der Waals surface area contributed by atoms with Crippen molar-refractivity contribution in [2.45, 2.75) is 45.7 Å². The summed E-state index contributed by atoms with van der Waals surface area (Å²) in [5, 5.41) is 6.72. The lowest BCUT2D eigenvalue weighted by Gasteiger charge is -2.13. The minimum atomic E-state index is -0.0618. The van der Waals surface area contributed by atoms with E-state index in [1.54, 1.807) is 6.20 Å². The molecule has 0 saturated carbocycles. The summed E-state index contributed by atoms with van der Waals surface area (Å²) in [4.78, 5) is 16.8. The van der Waals surface area contributed by atoms with Crippen LogP contribution in [-0.4, -0.2) is 23.5 Å². The Morgan fingerprint density at radius 1 is 1.03 bits per heavy atom. The van der Waals surface area contributed by atoms with Crippen LogP contribution >= 0.6 is 0 Å². The van der Waals surface area contributed by atoms with Crippen molar-refractivity contribution < 1.29 is 4.79 Å². The smallest absolute Gasteiger partial charge is 0.252 e. The van der Waals surface area contributed by atoms with Crippen molar-refractivity contribution in [3.8, 4) is 11.1 Å². The zero-order valence-corrected chi connectivity index (χ0v) is 18.4. The van der Waals surface area contributed by atoms with Crippen LogP contribution in [-0.2, 0) is 19.4 Å². The van der Waals surface area contributed by atoms with Gasteiger partial charge < -0.3 is 10.6 Å². The van der Waals surface area contributed by atoms with E-state index >= 15 is 0 Å². The third kappa shape index (κ3) is 5.39. The predicted octanol–water partition coefficient (Wildman–Crippen LogP) is 4.78. The number of amides is 1. The Morgan fingerprint density at radius 2 is 1.81 bits per heavy atom. The highest BCUT2D eigenvalue weighted by Gasteiger charge is 2.20. The van der Waals surface area contributed by atoms with Gasteiger partial charge in [0.25, 0.3) is 5.91 Å². The summed E-state index contributed by atoms with van der Waals surface area (Å²) in [6, 6.07) is 19.6. The molecule has 1 aliphatic rings. The fraction of sp³-hybridized carbons (Fsp3) is 0.333. The first-order valence-electron chi connectivity index (χ1n) is 11.2. The van der Waals surface area contributed by atoms with Gasteiger partial charge in [0.15, 0.2) is 0 Å². The molecule has 0 radical (unpaired) electrons. The van der Waals surface area contributed by atoms with Gasteiger partial charge in [0.1, 0.15) is 0 Å². The van der Waals surface area contributed by atoms with E-state index in [1.165, 1.54) is 16.7 Å². The van der Waals surface area contributed by atoms with E-state index in [1.807, 2.05) is 12.3 Å². The molecule has 0 saturated heterocycles. The average Bonchev–Trinajstić information content (AvgIpc) is 3.24. The first-order valence-corrected chi connectivity index (χ1v) is 11.2. The molecular formula is C27H31N3O. The van der Waals surface area contributed by atoms with Crippen molar-refractivity contribution in [2.24, 2.45) is 5.92 Å². The summed E-state index contributed by atoms with van der Waals surface area (Å²) >= 11 is 0. The van der Waals surface area contributed by atoms with E-state index in [9.17, 15) is 4.79 Å². The molecule has 1 aliphatic carbocycles. The number of hydrogen-bond acceptors (Lipinski definition) is 3. The minimum absolute atomic E-state index is 0.0618. The molecule has 160 valence electrons. The van der Waals surface area contributed by atoms with Gasteiger partial charge in [0.2, 0.25) is 0 Å². The minimum Gasteiger partial charge on any atom is -0.352 e. The molecule has 1 atom stereocenters. The SMILES string of the molecule is CC[C@H](C)CNC(=O)c1cncc(-c2cccc(CNC3Cc4ccccc4C3)c2)c1. The molecule has 0 unspecified atom stereocenters. The average molecular weight is 414 g/mol. The fourth-order valence-corrected chi connectivity index (χ4v) is 4.06. The van der Waals surface area contributed by atoms with E-state index in [0.29, 0.717) is 24.1 Å². The zero-order valence-electron chi connectivity index (χ0n) is 18.4. The lowest BCUT2D eigenvalue weighted by molar-refractivity contribution is 0.0947. The van der Waals surface area contributed by atoms with E-state index in [0.717, 1.165) is 36.9 Å². The molecular weight excluding hydrogens is 382 g/mol. The molecule has 0 bridgehead atoms. The Bertz CT molecular complexity index is 1020. The van der Waals surface area contributed by atoms with Crippen LogP contribution in [0.5, 0.6) is 0 Å². The largest absolute Gasteiger partial charge is 0.352 e. The molecule has 2 N–H and O–H groups in total. The molecule has 0 fully saturated rings. The molecule has 3 aromatic rings. The molecule has 4 nitrogen and oxygen atoms in total. The van der Waals surface area contributed by atoms with Gasteiger partial charge in [-0.25, -0.2) is 0 Å². The summed E-state index contributed by atoms with van der Waals surface area (Å²) < 4.78 is 0. The maximum atomic E-state index is 12.5. The first kappa shape index (κ1) is 21.3. The van der Waals surface area contributed by atoms with Crippen LogP contribution in [0.4, 0.5) is 0 Å². The molecule has 1 amide bonds. The second-order valence-corrected chi connectivity index (χ2v) is 8.64. The van der Waals surface area contributed by atoms with Gasteiger partial charge in [-0.2, -0.15) is 0 Å².